The average Bonchev–Trinajstić information content (AvgIpc) is 2.86. The van der Waals surface area contributed by atoms with Crippen LogP contribution in [0.3, 0.4) is 0 Å². The number of hydrogen-bond donors (Lipinski definition) is 3. The fourth-order valence-corrected chi connectivity index (χ4v) is 5.34. The van der Waals surface area contributed by atoms with E-state index in [0.717, 1.165) is 9.92 Å². The van der Waals surface area contributed by atoms with Crippen LogP contribution in [0.25, 0.3) is 0 Å². The van der Waals surface area contributed by atoms with E-state index in [4.69, 9.17) is 4.74 Å². The van der Waals surface area contributed by atoms with Crippen molar-refractivity contribution in [2.24, 2.45) is 0 Å². The highest BCUT2D eigenvalue weighted by molar-refractivity contribution is 7.99. The molecule has 1 aliphatic rings. The molecule has 2 aromatic carbocycles. The summed E-state index contributed by atoms with van der Waals surface area (Å²) in [5, 5.41) is 9.55. The van der Waals surface area contributed by atoms with Crippen molar-refractivity contribution in [1.29, 1.82) is 0 Å². The lowest BCUT2D eigenvalue weighted by Crippen LogP contribution is -2.42. The molecule has 0 aliphatic carbocycles. The maximum absolute atomic E-state index is 12.7. The Morgan fingerprint density at radius 1 is 1.12 bits per heavy atom. The second kappa shape index (κ2) is 10.8. The molecule has 0 saturated carbocycles. The van der Waals surface area contributed by atoms with Gasteiger partial charge in [0.05, 0.1) is 11.5 Å². The molecule has 2 heterocycles. The molecule has 0 radical (unpaired) electrons. The van der Waals surface area contributed by atoms with E-state index >= 15 is 0 Å². The summed E-state index contributed by atoms with van der Waals surface area (Å²) in [6.45, 7) is 4.71. The Kier molecular flexibility index (Phi) is 7.58. The van der Waals surface area contributed by atoms with Gasteiger partial charge in [0.2, 0.25) is 21.7 Å². The smallest absolute Gasteiger partial charge is 0.247 e. The van der Waals surface area contributed by atoms with Crippen molar-refractivity contribution < 1.29 is 17.9 Å². The minimum absolute atomic E-state index is 0.199. The molecule has 1 saturated heterocycles. The first-order valence-electron chi connectivity index (χ1n) is 10.4. The van der Waals surface area contributed by atoms with Gasteiger partial charge in [0.25, 0.3) is 0 Å². The zero-order valence-electron chi connectivity index (χ0n) is 18.1. The lowest BCUT2D eigenvalue weighted by Gasteiger charge is -2.23. The first-order chi connectivity index (χ1) is 16.4. The van der Waals surface area contributed by atoms with Gasteiger partial charge in [-0.15, -0.1) is 0 Å². The van der Waals surface area contributed by atoms with Crippen LogP contribution in [0.1, 0.15) is 0 Å². The molecule has 0 spiro atoms. The number of nitrogens with zero attached hydrogens (tertiary/aromatic N) is 2. The Hall–Kier alpha value is -3.25. The van der Waals surface area contributed by atoms with Crippen molar-refractivity contribution in [2.75, 3.05) is 30.3 Å². The number of aromatic nitrogens is 2. The SMILES string of the molecule is C=CC(=O)Nc1ccc(Sc2ccnc(Nc3ccc(S(=O)(=O)C4CNCCO4)cc3)n2)cc1. The highest BCUT2D eigenvalue weighted by Gasteiger charge is 2.29. The topological polar surface area (TPSA) is 122 Å². The van der Waals surface area contributed by atoms with Crippen molar-refractivity contribution >= 4 is 44.8 Å². The normalized spacial score (nSPS) is 15.9. The zero-order chi connectivity index (χ0) is 24.0. The molecule has 0 bridgehead atoms. The lowest BCUT2D eigenvalue weighted by atomic mass is 10.3. The number of anilines is 3. The first kappa shape index (κ1) is 23.9. The number of morpholine rings is 1. The molecule has 34 heavy (non-hydrogen) atoms. The number of nitrogens with one attached hydrogen (secondary N) is 3. The Morgan fingerprint density at radius 3 is 2.53 bits per heavy atom. The summed E-state index contributed by atoms with van der Waals surface area (Å²) in [4.78, 5) is 21.3. The van der Waals surface area contributed by atoms with Gasteiger partial charge < -0.3 is 20.7 Å². The predicted octanol–water partition coefficient (Wildman–Crippen LogP) is 3.22. The molecule has 1 fully saturated rings. The molecule has 3 N–H and O–H groups in total. The maximum Gasteiger partial charge on any atom is 0.247 e. The third-order valence-corrected chi connectivity index (χ3v) is 7.71. The summed E-state index contributed by atoms with van der Waals surface area (Å²) in [5.74, 6) is 0.118. The molecule has 1 aliphatic heterocycles. The number of hydrogen-bond acceptors (Lipinski definition) is 9. The second-order valence-corrected chi connectivity index (χ2v) is 10.4. The molecule has 1 aromatic heterocycles. The highest BCUT2D eigenvalue weighted by atomic mass is 32.2. The van der Waals surface area contributed by atoms with Crippen LogP contribution in [0.2, 0.25) is 0 Å². The number of amides is 1. The summed E-state index contributed by atoms with van der Waals surface area (Å²) in [6, 6.07) is 15.6. The van der Waals surface area contributed by atoms with E-state index in [1.807, 2.05) is 12.1 Å². The number of benzene rings is 2. The average molecular weight is 498 g/mol. The van der Waals surface area contributed by atoms with Crippen LogP contribution in [0.5, 0.6) is 0 Å². The van der Waals surface area contributed by atoms with E-state index in [-0.39, 0.29) is 17.3 Å². The van der Waals surface area contributed by atoms with Crippen molar-refractivity contribution in [3.63, 3.8) is 0 Å². The third kappa shape index (κ3) is 6.00. The van der Waals surface area contributed by atoms with Crippen LogP contribution in [-0.2, 0) is 19.4 Å². The van der Waals surface area contributed by atoms with Crippen LogP contribution in [0, 0.1) is 0 Å². The molecule has 1 unspecified atom stereocenters. The summed E-state index contributed by atoms with van der Waals surface area (Å²) >= 11 is 1.44. The molecule has 3 aromatic rings. The maximum atomic E-state index is 12.7. The fourth-order valence-electron chi connectivity index (χ4n) is 3.13. The van der Waals surface area contributed by atoms with Gasteiger partial charge in [0.15, 0.2) is 5.44 Å². The van der Waals surface area contributed by atoms with Gasteiger partial charge in [-0.3, -0.25) is 4.79 Å². The van der Waals surface area contributed by atoms with E-state index in [1.165, 1.54) is 17.8 Å². The quantitative estimate of drug-likeness (QED) is 0.318. The second-order valence-electron chi connectivity index (χ2n) is 7.24. The van der Waals surface area contributed by atoms with Crippen molar-refractivity contribution in [2.45, 2.75) is 20.3 Å². The molecule has 176 valence electrons. The van der Waals surface area contributed by atoms with Gasteiger partial charge in [-0.1, -0.05) is 18.3 Å². The van der Waals surface area contributed by atoms with Gasteiger partial charge in [-0.2, -0.15) is 0 Å². The molecule has 4 rings (SSSR count). The van der Waals surface area contributed by atoms with Gasteiger partial charge in [0.1, 0.15) is 5.03 Å². The largest absolute Gasteiger partial charge is 0.359 e. The summed E-state index contributed by atoms with van der Waals surface area (Å²) < 4.78 is 30.9. The van der Waals surface area contributed by atoms with Gasteiger partial charge in [-0.25, -0.2) is 18.4 Å². The Labute approximate surface area is 202 Å². The van der Waals surface area contributed by atoms with E-state index < -0.39 is 15.3 Å². The van der Waals surface area contributed by atoms with Gasteiger partial charge >= 0.3 is 0 Å². The molecule has 11 heteroatoms. The Balaban J connectivity index is 1.40. The third-order valence-electron chi connectivity index (χ3n) is 4.84. The number of carbonyl (C=O) groups excluding carboxylic acids is 1. The van der Waals surface area contributed by atoms with E-state index in [1.54, 1.807) is 48.7 Å². The van der Waals surface area contributed by atoms with Crippen LogP contribution < -0.4 is 16.0 Å². The van der Waals surface area contributed by atoms with Gasteiger partial charge in [0, 0.05) is 35.6 Å². The number of carbonyl (C=O) groups is 1. The Bertz CT molecular complexity index is 1260. The van der Waals surface area contributed by atoms with Crippen molar-refractivity contribution in [1.82, 2.24) is 15.3 Å². The van der Waals surface area contributed by atoms with Crippen LogP contribution in [0.15, 0.2) is 88.3 Å². The molecule has 1 amide bonds. The molecule has 9 nitrogen and oxygen atoms in total. The molecular formula is C23H23N5O4S2. The fraction of sp³-hybridized carbons (Fsp3) is 0.174. The monoisotopic (exact) mass is 497 g/mol. The predicted molar refractivity (Wildman–Crippen MR) is 131 cm³/mol. The van der Waals surface area contributed by atoms with E-state index in [9.17, 15) is 13.2 Å². The van der Waals surface area contributed by atoms with Crippen LogP contribution in [0.4, 0.5) is 17.3 Å². The van der Waals surface area contributed by atoms with Crippen molar-refractivity contribution in [3.8, 4) is 0 Å². The Morgan fingerprint density at radius 2 is 1.85 bits per heavy atom. The van der Waals surface area contributed by atoms with E-state index in [2.05, 4.69) is 32.5 Å². The molecular weight excluding hydrogens is 474 g/mol. The first-order valence-corrected chi connectivity index (χ1v) is 12.8. The highest BCUT2D eigenvalue weighted by Crippen LogP contribution is 2.28. The summed E-state index contributed by atoms with van der Waals surface area (Å²) in [6.07, 6.45) is 2.86. The van der Waals surface area contributed by atoms with Crippen LogP contribution in [-0.4, -0.2) is 49.4 Å². The van der Waals surface area contributed by atoms with E-state index in [0.29, 0.717) is 30.5 Å². The minimum atomic E-state index is -3.58. The number of sulfone groups is 1. The van der Waals surface area contributed by atoms with Crippen LogP contribution >= 0.6 is 11.8 Å². The summed E-state index contributed by atoms with van der Waals surface area (Å²) in [5.41, 5.74) is 0.451. The minimum Gasteiger partial charge on any atom is -0.359 e. The van der Waals surface area contributed by atoms with Crippen molar-refractivity contribution in [3.05, 3.63) is 73.4 Å². The van der Waals surface area contributed by atoms with Gasteiger partial charge in [-0.05, 0) is 60.7 Å². The zero-order valence-corrected chi connectivity index (χ0v) is 19.7. The lowest BCUT2D eigenvalue weighted by molar-refractivity contribution is -0.111. The number of rotatable bonds is 8. The summed E-state index contributed by atoms with van der Waals surface area (Å²) in [7, 11) is -3.58. The standard InChI is InChI=1S/C23H23N5O4S2/c1-2-20(29)26-16-3-7-18(8-4-16)33-21-11-12-25-23(28-21)27-17-5-9-19(10-6-17)34(30,31)22-15-24-13-14-32-22/h2-12,22,24H,1,13-15H2,(H,26,29)(H,25,27,28). The number of ether oxygens (including phenoxy) is 1. The molecule has 1 atom stereocenters.